The van der Waals surface area contributed by atoms with E-state index in [0.29, 0.717) is 6.61 Å². The SMILES string of the molecule is CCCCCCCCOC(=O)CCCC(=O)OCc1cc([N+](=O)[O-])cc([N+](=O)[O-])c1C. The molecule has 0 saturated heterocycles. The van der Waals surface area contributed by atoms with Crippen LogP contribution in [0, 0.1) is 27.2 Å². The largest absolute Gasteiger partial charge is 0.466 e. The van der Waals surface area contributed by atoms with Crippen LogP contribution >= 0.6 is 0 Å². The molecule has 0 amide bonds. The molecule has 1 aromatic carbocycles. The summed E-state index contributed by atoms with van der Waals surface area (Å²) >= 11 is 0. The Labute approximate surface area is 181 Å². The average Bonchev–Trinajstić information content (AvgIpc) is 2.71. The quantitative estimate of drug-likeness (QED) is 0.162. The van der Waals surface area contributed by atoms with Gasteiger partial charge in [-0.05, 0) is 19.8 Å². The second kappa shape index (κ2) is 14.1. The van der Waals surface area contributed by atoms with Crippen LogP contribution in [0.2, 0.25) is 0 Å². The number of nitro groups is 2. The molecular weight excluding hydrogens is 408 g/mol. The molecule has 0 aliphatic rings. The molecule has 0 aliphatic heterocycles. The summed E-state index contributed by atoms with van der Waals surface area (Å²) in [6, 6.07) is 2.02. The molecule has 0 saturated carbocycles. The summed E-state index contributed by atoms with van der Waals surface area (Å²) in [5.74, 6) is -0.969. The fraction of sp³-hybridized carbons (Fsp3) is 0.619. The van der Waals surface area contributed by atoms with E-state index in [9.17, 15) is 29.8 Å². The number of rotatable bonds is 15. The summed E-state index contributed by atoms with van der Waals surface area (Å²) in [5, 5.41) is 22.0. The number of non-ortho nitro benzene ring substituents is 1. The maximum Gasteiger partial charge on any atom is 0.306 e. The monoisotopic (exact) mass is 438 g/mol. The Balaban J connectivity index is 2.35. The summed E-state index contributed by atoms with van der Waals surface area (Å²) in [4.78, 5) is 44.2. The van der Waals surface area contributed by atoms with Crippen LogP contribution in [-0.4, -0.2) is 28.4 Å². The van der Waals surface area contributed by atoms with Crippen molar-refractivity contribution < 1.29 is 28.9 Å². The molecule has 0 bridgehead atoms. The van der Waals surface area contributed by atoms with Gasteiger partial charge < -0.3 is 9.47 Å². The van der Waals surface area contributed by atoms with E-state index in [1.165, 1.54) is 26.2 Å². The number of unbranched alkanes of at least 4 members (excludes halogenated alkanes) is 5. The summed E-state index contributed by atoms with van der Waals surface area (Å²) < 4.78 is 10.2. The van der Waals surface area contributed by atoms with Crippen LogP contribution in [0.4, 0.5) is 11.4 Å². The number of carbonyl (C=O) groups excluding carboxylic acids is 2. The first-order valence-electron chi connectivity index (χ1n) is 10.5. The summed E-state index contributed by atoms with van der Waals surface area (Å²) in [5.41, 5.74) is -0.473. The lowest BCUT2D eigenvalue weighted by molar-refractivity contribution is -0.394. The number of ether oxygens (including phenoxy) is 2. The summed E-state index contributed by atoms with van der Waals surface area (Å²) in [6.45, 7) is 3.64. The lowest BCUT2D eigenvalue weighted by atomic mass is 10.1. The molecular formula is C21H30N2O8. The fourth-order valence-corrected chi connectivity index (χ4v) is 2.93. The third-order valence-electron chi connectivity index (χ3n) is 4.79. The second-order valence-corrected chi connectivity index (χ2v) is 7.27. The first-order chi connectivity index (χ1) is 14.8. The molecule has 10 heteroatoms. The predicted octanol–water partition coefficient (Wildman–Crippen LogP) is 4.93. The van der Waals surface area contributed by atoms with Crippen LogP contribution in [0.5, 0.6) is 0 Å². The van der Waals surface area contributed by atoms with Crippen LogP contribution in [0.3, 0.4) is 0 Å². The number of esters is 2. The first kappa shape index (κ1) is 26.0. The second-order valence-electron chi connectivity index (χ2n) is 7.27. The zero-order valence-corrected chi connectivity index (χ0v) is 18.1. The van der Waals surface area contributed by atoms with Crippen molar-refractivity contribution >= 4 is 23.3 Å². The Kier molecular flexibility index (Phi) is 11.8. The molecule has 0 atom stereocenters. The van der Waals surface area contributed by atoms with Gasteiger partial charge in [0.2, 0.25) is 0 Å². The summed E-state index contributed by atoms with van der Waals surface area (Å²) in [7, 11) is 0. The van der Waals surface area contributed by atoms with E-state index in [2.05, 4.69) is 6.92 Å². The van der Waals surface area contributed by atoms with E-state index < -0.39 is 27.2 Å². The number of nitro benzene ring substituents is 2. The highest BCUT2D eigenvalue weighted by molar-refractivity contribution is 5.72. The average molecular weight is 438 g/mol. The van der Waals surface area contributed by atoms with Gasteiger partial charge in [0.05, 0.1) is 22.5 Å². The van der Waals surface area contributed by atoms with Crippen molar-refractivity contribution in [1.29, 1.82) is 0 Å². The van der Waals surface area contributed by atoms with E-state index in [0.717, 1.165) is 31.4 Å². The molecule has 0 radical (unpaired) electrons. The highest BCUT2D eigenvalue weighted by Crippen LogP contribution is 2.28. The maximum absolute atomic E-state index is 11.9. The Morgan fingerprint density at radius 2 is 1.48 bits per heavy atom. The zero-order valence-electron chi connectivity index (χ0n) is 18.1. The molecule has 10 nitrogen and oxygen atoms in total. The number of carbonyl (C=O) groups is 2. The van der Waals surface area contributed by atoms with Crippen LogP contribution in [0.15, 0.2) is 12.1 Å². The minimum atomic E-state index is -0.741. The van der Waals surface area contributed by atoms with E-state index in [4.69, 9.17) is 9.47 Å². The number of benzene rings is 1. The van der Waals surface area contributed by atoms with Gasteiger partial charge in [0.15, 0.2) is 0 Å². The lowest BCUT2D eigenvalue weighted by Gasteiger charge is -2.08. The van der Waals surface area contributed by atoms with E-state index in [1.54, 1.807) is 0 Å². The Hall–Kier alpha value is -3.04. The van der Waals surface area contributed by atoms with Crippen LogP contribution in [0.1, 0.15) is 75.8 Å². The van der Waals surface area contributed by atoms with Gasteiger partial charge in [0, 0.05) is 30.0 Å². The molecule has 31 heavy (non-hydrogen) atoms. The predicted molar refractivity (Wildman–Crippen MR) is 112 cm³/mol. The topological polar surface area (TPSA) is 139 Å². The lowest BCUT2D eigenvalue weighted by Crippen LogP contribution is -2.09. The third kappa shape index (κ3) is 10.0. The van der Waals surface area contributed by atoms with E-state index in [-0.39, 0.29) is 43.0 Å². The molecule has 1 aromatic rings. The van der Waals surface area contributed by atoms with Crippen LogP contribution in [-0.2, 0) is 25.7 Å². The van der Waals surface area contributed by atoms with Crippen LogP contribution < -0.4 is 0 Å². The highest BCUT2D eigenvalue weighted by Gasteiger charge is 2.22. The third-order valence-corrected chi connectivity index (χ3v) is 4.79. The van der Waals surface area contributed by atoms with Gasteiger partial charge in [-0.1, -0.05) is 39.0 Å². The Morgan fingerprint density at radius 3 is 2.10 bits per heavy atom. The van der Waals surface area contributed by atoms with Crippen molar-refractivity contribution in [2.45, 2.75) is 78.2 Å². The Bertz CT molecular complexity index is 779. The van der Waals surface area contributed by atoms with Gasteiger partial charge in [0.25, 0.3) is 11.4 Å². The number of nitrogens with zero attached hydrogens (tertiary/aromatic N) is 2. The van der Waals surface area contributed by atoms with Gasteiger partial charge in [-0.25, -0.2) is 0 Å². The summed E-state index contributed by atoms with van der Waals surface area (Å²) in [6.07, 6.45) is 6.88. The standard InChI is InChI=1S/C21H30N2O8/c1-3-4-5-6-7-8-12-30-20(24)10-9-11-21(25)31-15-17-13-18(22(26)27)14-19(16(17)2)23(28)29/h13-14H,3-12,15H2,1-2H3. The van der Waals surface area contributed by atoms with Crippen molar-refractivity contribution in [1.82, 2.24) is 0 Å². The maximum atomic E-state index is 11.9. The molecule has 172 valence electrons. The highest BCUT2D eigenvalue weighted by atomic mass is 16.6. The molecule has 0 aromatic heterocycles. The first-order valence-corrected chi connectivity index (χ1v) is 10.5. The number of hydrogen-bond donors (Lipinski definition) is 0. The van der Waals surface area contributed by atoms with Gasteiger partial charge in [-0.2, -0.15) is 0 Å². The van der Waals surface area contributed by atoms with Crippen molar-refractivity contribution in [3.63, 3.8) is 0 Å². The molecule has 0 heterocycles. The van der Waals surface area contributed by atoms with Gasteiger partial charge in [-0.15, -0.1) is 0 Å². The smallest absolute Gasteiger partial charge is 0.306 e. The van der Waals surface area contributed by atoms with Gasteiger partial charge in [-0.3, -0.25) is 29.8 Å². The minimum absolute atomic E-state index is 0.0256. The molecule has 0 fully saturated rings. The molecule has 0 aliphatic carbocycles. The molecule has 0 spiro atoms. The van der Waals surface area contributed by atoms with E-state index >= 15 is 0 Å². The van der Waals surface area contributed by atoms with Crippen LogP contribution in [0.25, 0.3) is 0 Å². The van der Waals surface area contributed by atoms with Crippen molar-refractivity contribution in [3.05, 3.63) is 43.5 Å². The number of hydrogen-bond acceptors (Lipinski definition) is 8. The van der Waals surface area contributed by atoms with E-state index in [1.807, 2.05) is 0 Å². The molecule has 0 unspecified atom stereocenters. The van der Waals surface area contributed by atoms with Gasteiger partial charge in [0.1, 0.15) is 6.61 Å². The minimum Gasteiger partial charge on any atom is -0.466 e. The fourth-order valence-electron chi connectivity index (χ4n) is 2.93. The Morgan fingerprint density at radius 1 is 0.871 bits per heavy atom. The van der Waals surface area contributed by atoms with Crippen molar-refractivity contribution in [3.8, 4) is 0 Å². The molecule has 0 N–H and O–H groups in total. The van der Waals surface area contributed by atoms with Crippen molar-refractivity contribution in [2.75, 3.05) is 6.61 Å². The van der Waals surface area contributed by atoms with Gasteiger partial charge >= 0.3 is 11.9 Å². The zero-order chi connectivity index (χ0) is 23.2. The normalized spacial score (nSPS) is 10.5. The molecule has 1 rings (SSSR count). The van der Waals surface area contributed by atoms with Crippen molar-refractivity contribution in [2.24, 2.45) is 0 Å².